The van der Waals surface area contributed by atoms with Crippen LogP contribution in [0.25, 0.3) is 16.9 Å². The van der Waals surface area contributed by atoms with E-state index in [1.807, 2.05) is 6.92 Å². The summed E-state index contributed by atoms with van der Waals surface area (Å²) in [6, 6.07) is 4.95. The van der Waals surface area contributed by atoms with Gasteiger partial charge in [0.2, 0.25) is 5.78 Å². The highest BCUT2D eigenvalue weighted by atomic mass is 35.5. The lowest BCUT2D eigenvalue weighted by atomic mass is 10.2. The quantitative estimate of drug-likeness (QED) is 0.582. The Balaban J connectivity index is 2.01. The van der Waals surface area contributed by atoms with E-state index >= 15 is 0 Å². The molecule has 0 saturated carbocycles. The van der Waals surface area contributed by atoms with E-state index in [1.165, 1.54) is 4.57 Å². The van der Waals surface area contributed by atoms with Crippen molar-refractivity contribution in [2.45, 2.75) is 13.5 Å². The van der Waals surface area contributed by atoms with Crippen LogP contribution < -0.4 is 11.2 Å². The van der Waals surface area contributed by atoms with Crippen LogP contribution in [-0.2, 0) is 13.6 Å². The molecular formula is C16H13Cl2N5O2. The number of rotatable bonds is 2. The second kappa shape index (κ2) is 5.50. The number of hydrogen-bond acceptors (Lipinski definition) is 3. The maximum Gasteiger partial charge on any atom is 0.332 e. The van der Waals surface area contributed by atoms with Gasteiger partial charge in [-0.25, -0.2) is 4.79 Å². The molecule has 0 saturated heterocycles. The van der Waals surface area contributed by atoms with E-state index in [1.54, 1.807) is 35.8 Å². The number of halogens is 2. The van der Waals surface area contributed by atoms with Crippen molar-refractivity contribution in [3.63, 3.8) is 0 Å². The number of benzene rings is 1. The SMILES string of the molecule is Cc1cn2c(nc3c2c(=O)n(Cc2ccc(Cl)cc2Cl)c(=O)n3C)[nH]1. The van der Waals surface area contributed by atoms with Gasteiger partial charge >= 0.3 is 5.69 Å². The van der Waals surface area contributed by atoms with E-state index in [4.69, 9.17) is 23.2 Å². The summed E-state index contributed by atoms with van der Waals surface area (Å²) in [6.07, 6.45) is 1.77. The molecule has 0 fully saturated rings. The smallest absolute Gasteiger partial charge is 0.328 e. The summed E-state index contributed by atoms with van der Waals surface area (Å²) in [5.74, 6) is 0.516. The zero-order valence-corrected chi connectivity index (χ0v) is 14.9. The van der Waals surface area contributed by atoms with E-state index in [0.29, 0.717) is 32.6 Å². The average Bonchev–Trinajstić information content (AvgIpc) is 3.07. The monoisotopic (exact) mass is 377 g/mol. The van der Waals surface area contributed by atoms with Gasteiger partial charge in [-0.2, -0.15) is 4.98 Å². The third kappa shape index (κ3) is 2.39. The zero-order chi connectivity index (χ0) is 17.9. The first-order valence-corrected chi connectivity index (χ1v) is 8.23. The van der Waals surface area contributed by atoms with Crippen LogP contribution >= 0.6 is 23.2 Å². The first-order chi connectivity index (χ1) is 11.9. The van der Waals surface area contributed by atoms with Crippen LogP contribution in [0.5, 0.6) is 0 Å². The van der Waals surface area contributed by atoms with Gasteiger partial charge in [0.1, 0.15) is 0 Å². The fourth-order valence-electron chi connectivity index (χ4n) is 2.92. The summed E-state index contributed by atoms with van der Waals surface area (Å²) in [5, 5.41) is 0.891. The lowest BCUT2D eigenvalue weighted by Gasteiger charge is -2.09. The zero-order valence-electron chi connectivity index (χ0n) is 13.4. The van der Waals surface area contributed by atoms with Gasteiger partial charge in [0.25, 0.3) is 5.56 Å². The van der Waals surface area contributed by atoms with E-state index in [2.05, 4.69) is 9.97 Å². The van der Waals surface area contributed by atoms with Crippen molar-refractivity contribution >= 4 is 40.1 Å². The Morgan fingerprint density at radius 1 is 1.24 bits per heavy atom. The van der Waals surface area contributed by atoms with Gasteiger partial charge in [-0.3, -0.25) is 18.3 Å². The average molecular weight is 378 g/mol. The van der Waals surface area contributed by atoms with Crippen molar-refractivity contribution in [3.8, 4) is 0 Å². The van der Waals surface area contributed by atoms with Gasteiger partial charge < -0.3 is 4.98 Å². The van der Waals surface area contributed by atoms with E-state index in [-0.39, 0.29) is 6.54 Å². The van der Waals surface area contributed by atoms with Crippen molar-refractivity contribution in [3.05, 3.63) is 66.5 Å². The van der Waals surface area contributed by atoms with Crippen molar-refractivity contribution in [1.29, 1.82) is 0 Å². The molecule has 25 heavy (non-hydrogen) atoms. The van der Waals surface area contributed by atoms with Gasteiger partial charge in [-0.05, 0) is 24.6 Å². The summed E-state index contributed by atoms with van der Waals surface area (Å²) in [4.78, 5) is 33.0. The molecule has 0 aliphatic heterocycles. The Morgan fingerprint density at radius 3 is 2.72 bits per heavy atom. The molecule has 4 rings (SSSR count). The molecule has 1 aromatic carbocycles. The van der Waals surface area contributed by atoms with E-state index < -0.39 is 11.2 Å². The second-order valence-electron chi connectivity index (χ2n) is 5.88. The second-order valence-corrected chi connectivity index (χ2v) is 6.73. The summed E-state index contributed by atoms with van der Waals surface area (Å²) in [6.45, 7) is 1.92. The van der Waals surface area contributed by atoms with Crippen molar-refractivity contribution in [2.75, 3.05) is 0 Å². The number of nitrogens with one attached hydrogen (secondary N) is 1. The highest BCUT2D eigenvalue weighted by Gasteiger charge is 2.18. The lowest BCUT2D eigenvalue weighted by Crippen LogP contribution is -2.39. The molecule has 9 heteroatoms. The van der Waals surface area contributed by atoms with Crippen molar-refractivity contribution in [1.82, 2.24) is 23.5 Å². The molecule has 0 radical (unpaired) electrons. The van der Waals surface area contributed by atoms with Gasteiger partial charge in [0.15, 0.2) is 11.2 Å². The number of hydrogen-bond donors (Lipinski definition) is 1. The third-order valence-corrected chi connectivity index (χ3v) is 4.74. The number of aryl methyl sites for hydroxylation is 2. The Labute approximate surface area is 151 Å². The molecule has 0 atom stereocenters. The topological polar surface area (TPSA) is 77.1 Å². The molecular weight excluding hydrogens is 365 g/mol. The van der Waals surface area contributed by atoms with Crippen LogP contribution in [0.2, 0.25) is 10.0 Å². The minimum Gasteiger partial charge on any atom is -0.328 e. The van der Waals surface area contributed by atoms with E-state index in [0.717, 1.165) is 10.3 Å². The molecule has 0 aliphatic rings. The Hall–Kier alpha value is -2.51. The number of aromatic amines is 1. The van der Waals surface area contributed by atoms with Gasteiger partial charge in [0.05, 0.1) is 6.54 Å². The predicted molar refractivity (Wildman–Crippen MR) is 96.9 cm³/mol. The fraction of sp³-hybridized carbons (Fsp3) is 0.188. The number of nitrogens with zero attached hydrogens (tertiary/aromatic N) is 4. The number of fused-ring (bicyclic) bond motifs is 3. The molecule has 0 unspecified atom stereocenters. The highest BCUT2D eigenvalue weighted by molar-refractivity contribution is 6.35. The minimum absolute atomic E-state index is 0.0497. The van der Waals surface area contributed by atoms with Gasteiger partial charge in [-0.1, -0.05) is 29.3 Å². The summed E-state index contributed by atoms with van der Waals surface area (Å²) >= 11 is 12.1. The van der Waals surface area contributed by atoms with Crippen LogP contribution in [0.4, 0.5) is 0 Å². The molecule has 1 N–H and O–H groups in total. The molecule has 128 valence electrons. The number of imidazole rings is 2. The highest BCUT2D eigenvalue weighted by Crippen LogP contribution is 2.21. The lowest BCUT2D eigenvalue weighted by molar-refractivity contribution is 0.656. The molecule has 0 spiro atoms. The Bertz CT molecular complexity index is 1260. The first-order valence-electron chi connectivity index (χ1n) is 7.48. The Kier molecular flexibility index (Phi) is 3.52. The maximum absolute atomic E-state index is 13.0. The first kappa shape index (κ1) is 16.0. The Morgan fingerprint density at radius 2 is 2.00 bits per heavy atom. The molecule has 3 heterocycles. The van der Waals surface area contributed by atoms with Crippen LogP contribution in [-0.4, -0.2) is 23.5 Å². The molecule has 0 amide bonds. The predicted octanol–water partition coefficient (Wildman–Crippen LogP) is 2.34. The van der Waals surface area contributed by atoms with Crippen molar-refractivity contribution in [2.24, 2.45) is 7.05 Å². The molecule has 0 bridgehead atoms. The largest absolute Gasteiger partial charge is 0.332 e. The van der Waals surface area contributed by atoms with Crippen LogP contribution in [0.15, 0.2) is 34.0 Å². The third-order valence-electron chi connectivity index (χ3n) is 4.15. The van der Waals surface area contributed by atoms with Crippen molar-refractivity contribution < 1.29 is 0 Å². The van der Waals surface area contributed by atoms with Crippen LogP contribution in [0.1, 0.15) is 11.3 Å². The molecule has 3 aromatic heterocycles. The number of aromatic nitrogens is 5. The molecule has 0 aliphatic carbocycles. The minimum atomic E-state index is -0.457. The number of H-pyrrole nitrogens is 1. The van der Waals surface area contributed by atoms with Crippen LogP contribution in [0, 0.1) is 6.92 Å². The maximum atomic E-state index is 13.0. The van der Waals surface area contributed by atoms with Crippen LogP contribution in [0.3, 0.4) is 0 Å². The molecule has 4 aromatic rings. The standard InChI is InChI=1S/C16H13Cl2N5O2/c1-8-6-22-12-13(20-15(22)19-8)21(2)16(25)23(14(12)24)7-9-3-4-10(17)5-11(9)18/h3-6H,7H2,1-2H3,(H,19,20). The van der Waals surface area contributed by atoms with Gasteiger partial charge in [-0.15, -0.1) is 0 Å². The van der Waals surface area contributed by atoms with Gasteiger partial charge in [0, 0.05) is 29.0 Å². The summed E-state index contributed by atoms with van der Waals surface area (Å²) < 4.78 is 4.16. The molecule has 7 nitrogen and oxygen atoms in total. The summed E-state index contributed by atoms with van der Waals surface area (Å²) in [5.41, 5.74) is 1.29. The van der Waals surface area contributed by atoms with E-state index in [9.17, 15) is 9.59 Å². The summed E-state index contributed by atoms with van der Waals surface area (Å²) in [7, 11) is 1.59. The fourth-order valence-corrected chi connectivity index (χ4v) is 3.38. The normalized spacial score (nSPS) is 11.7.